The fourth-order valence-electron chi connectivity index (χ4n) is 1.98. The molecule has 2 aromatic rings. The van der Waals surface area contributed by atoms with Crippen LogP contribution in [0.15, 0.2) is 53.7 Å². The molecule has 22 heavy (non-hydrogen) atoms. The number of halogens is 1. The van der Waals surface area contributed by atoms with Crippen LogP contribution in [0, 0.1) is 11.0 Å². The van der Waals surface area contributed by atoms with Crippen molar-refractivity contribution in [3.63, 3.8) is 0 Å². The van der Waals surface area contributed by atoms with Crippen molar-refractivity contribution in [1.82, 2.24) is 4.90 Å². The van der Waals surface area contributed by atoms with Crippen molar-refractivity contribution in [2.75, 3.05) is 12.3 Å². The Morgan fingerprint density at radius 2 is 2.14 bits per heavy atom. The number of hydrogen-bond donors (Lipinski definition) is 0. The molecule has 1 aromatic heterocycles. The molecule has 0 saturated heterocycles. The molecule has 0 fully saturated rings. The minimum Gasteiger partial charge on any atom is -0.618 e. The number of aromatic nitrogens is 1. The first-order valence-corrected chi connectivity index (χ1v) is 7.92. The van der Waals surface area contributed by atoms with E-state index in [0.29, 0.717) is 18.1 Å². The topological polar surface area (TPSA) is 47.2 Å². The van der Waals surface area contributed by atoms with Gasteiger partial charge in [-0.3, -0.25) is 4.79 Å². The lowest BCUT2D eigenvalue weighted by Gasteiger charge is -2.20. The molecular weight excluding hydrogens is 303 g/mol. The second-order valence-corrected chi connectivity index (χ2v) is 5.69. The monoisotopic (exact) mass is 320 g/mol. The van der Waals surface area contributed by atoms with Crippen molar-refractivity contribution in [2.24, 2.45) is 0 Å². The molecule has 1 amide bonds. The van der Waals surface area contributed by atoms with E-state index in [2.05, 4.69) is 0 Å². The minimum atomic E-state index is -0.313. The van der Waals surface area contributed by atoms with Crippen molar-refractivity contribution in [2.45, 2.75) is 18.5 Å². The lowest BCUT2D eigenvalue weighted by atomic mass is 10.2. The molecule has 0 saturated carbocycles. The number of thioether (sulfide) groups is 1. The highest BCUT2D eigenvalue weighted by molar-refractivity contribution is 7.99. The van der Waals surface area contributed by atoms with Crippen LogP contribution in [0.1, 0.15) is 12.5 Å². The van der Waals surface area contributed by atoms with Gasteiger partial charge < -0.3 is 10.1 Å². The van der Waals surface area contributed by atoms with Gasteiger partial charge in [-0.2, -0.15) is 4.73 Å². The molecule has 0 radical (unpaired) electrons. The van der Waals surface area contributed by atoms with Crippen molar-refractivity contribution in [3.8, 4) is 0 Å². The van der Waals surface area contributed by atoms with Crippen molar-refractivity contribution in [3.05, 3.63) is 65.2 Å². The zero-order valence-corrected chi connectivity index (χ0v) is 13.1. The van der Waals surface area contributed by atoms with E-state index in [1.54, 1.807) is 35.2 Å². The molecule has 0 atom stereocenters. The van der Waals surface area contributed by atoms with Gasteiger partial charge in [-0.15, -0.1) is 0 Å². The Morgan fingerprint density at radius 1 is 1.32 bits per heavy atom. The van der Waals surface area contributed by atoms with E-state index in [9.17, 15) is 14.4 Å². The van der Waals surface area contributed by atoms with Crippen LogP contribution >= 0.6 is 11.8 Å². The lowest BCUT2D eigenvalue weighted by molar-refractivity contribution is -0.645. The van der Waals surface area contributed by atoms with Crippen LogP contribution in [0.2, 0.25) is 0 Å². The third-order valence-corrected chi connectivity index (χ3v) is 4.13. The zero-order chi connectivity index (χ0) is 15.9. The largest absolute Gasteiger partial charge is 0.618 e. The molecule has 0 unspecified atom stereocenters. The van der Waals surface area contributed by atoms with Crippen LogP contribution in [-0.2, 0) is 11.3 Å². The molecule has 0 N–H and O–H groups in total. The molecule has 1 aromatic carbocycles. The molecule has 2 rings (SSSR count). The van der Waals surface area contributed by atoms with E-state index in [0.717, 1.165) is 10.3 Å². The van der Waals surface area contributed by atoms with Crippen LogP contribution in [0.5, 0.6) is 0 Å². The molecule has 0 bridgehead atoms. The highest BCUT2D eigenvalue weighted by Gasteiger charge is 2.15. The van der Waals surface area contributed by atoms with Gasteiger partial charge in [0, 0.05) is 25.2 Å². The number of nitrogens with zero attached hydrogens (tertiary/aromatic N) is 2. The van der Waals surface area contributed by atoms with E-state index in [1.807, 2.05) is 6.92 Å². The highest BCUT2D eigenvalue weighted by atomic mass is 32.2. The molecule has 0 spiro atoms. The van der Waals surface area contributed by atoms with Gasteiger partial charge in [0.25, 0.3) is 5.03 Å². The summed E-state index contributed by atoms with van der Waals surface area (Å²) in [5, 5.41) is 12.0. The molecule has 4 nitrogen and oxygen atoms in total. The fraction of sp³-hybridized carbons (Fsp3) is 0.250. The predicted octanol–water partition coefficient (Wildman–Crippen LogP) is 2.60. The average molecular weight is 320 g/mol. The summed E-state index contributed by atoms with van der Waals surface area (Å²) in [6.07, 6.45) is 1.40. The van der Waals surface area contributed by atoms with E-state index in [-0.39, 0.29) is 17.5 Å². The van der Waals surface area contributed by atoms with Gasteiger partial charge in [0.2, 0.25) is 5.91 Å². The van der Waals surface area contributed by atoms with Crippen molar-refractivity contribution < 1.29 is 13.9 Å². The quantitative estimate of drug-likeness (QED) is 0.467. The van der Waals surface area contributed by atoms with Crippen LogP contribution < -0.4 is 4.73 Å². The summed E-state index contributed by atoms with van der Waals surface area (Å²) in [6, 6.07) is 11.3. The summed E-state index contributed by atoms with van der Waals surface area (Å²) in [7, 11) is 0. The summed E-state index contributed by atoms with van der Waals surface area (Å²) >= 11 is 1.20. The second-order valence-electron chi connectivity index (χ2n) is 4.69. The fourth-order valence-corrected chi connectivity index (χ4v) is 2.80. The van der Waals surface area contributed by atoms with E-state index >= 15 is 0 Å². The van der Waals surface area contributed by atoms with Crippen molar-refractivity contribution in [1.29, 1.82) is 0 Å². The predicted molar refractivity (Wildman–Crippen MR) is 83.6 cm³/mol. The Bertz CT molecular complexity index is 652. The molecular formula is C16H17FN2O2S. The van der Waals surface area contributed by atoms with Crippen LogP contribution in [0.25, 0.3) is 0 Å². The Balaban J connectivity index is 1.96. The van der Waals surface area contributed by atoms with Gasteiger partial charge in [0.05, 0.1) is 5.75 Å². The van der Waals surface area contributed by atoms with E-state index < -0.39 is 0 Å². The molecule has 1 heterocycles. The number of pyridine rings is 1. The van der Waals surface area contributed by atoms with Gasteiger partial charge in [-0.1, -0.05) is 12.1 Å². The third-order valence-electron chi connectivity index (χ3n) is 3.13. The van der Waals surface area contributed by atoms with E-state index in [4.69, 9.17) is 0 Å². The summed E-state index contributed by atoms with van der Waals surface area (Å²) < 4.78 is 13.9. The Morgan fingerprint density at radius 3 is 2.82 bits per heavy atom. The van der Waals surface area contributed by atoms with Gasteiger partial charge in [-0.25, -0.2) is 4.39 Å². The van der Waals surface area contributed by atoms with Crippen LogP contribution in [-0.4, -0.2) is 23.1 Å². The van der Waals surface area contributed by atoms with Gasteiger partial charge >= 0.3 is 0 Å². The van der Waals surface area contributed by atoms with Gasteiger partial charge in [0.1, 0.15) is 5.82 Å². The molecule has 0 aliphatic heterocycles. The molecule has 0 aliphatic carbocycles. The van der Waals surface area contributed by atoms with Crippen molar-refractivity contribution >= 4 is 17.7 Å². The summed E-state index contributed by atoms with van der Waals surface area (Å²) in [4.78, 5) is 13.9. The number of amides is 1. The van der Waals surface area contributed by atoms with Gasteiger partial charge in [-0.05, 0) is 42.4 Å². The number of benzene rings is 1. The zero-order valence-electron chi connectivity index (χ0n) is 12.2. The normalized spacial score (nSPS) is 10.5. The summed E-state index contributed by atoms with van der Waals surface area (Å²) in [5.74, 6) is -0.220. The summed E-state index contributed by atoms with van der Waals surface area (Å²) in [6.45, 7) is 2.76. The molecule has 6 heteroatoms. The Labute approximate surface area is 133 Å². The van der Waals surface area contributed by atoms with E-state index in [1.165, 1.54) is 30.1 Å². The number of hydrogen-bond acceptors (Lipinski definition) is 3. The Hall–Kier alpha value is -2.08. The first-order chi connectivity index (χ1) is 10.6. The SMILES string of the molecule is CCN(Cc1cccc(F)c1)C(=O)CSc1cccc[n+]1[O-]. The second kappa shape index (κ2) is 7.79. The first kappa shape index (κ1) is 16.3. The maximum absolute atomic E-state index is 13.2. The smallest absolute Gasteiger partial charge is 0.251 e. The standard InChI is InChI=1S/C16H17FN2O2S/c1-2-18(11-13-6-5-7-14(17)10-13)15(20)12-22-16-8-3-4-9-19(16)21/h3-10H,2,11-12H2,1H3. The summed E-state index contributed by atoms with van der Waals surface area (Å²) in [5.41, 5.74) is 0.749. The maximum Gasteiger partial charge on any atom is 0.251 e. The number of carbonyl (C=O) groups excluding carboxylic acids is 1. The number of carbonyl (C=O) groups is 1. The lowest BCUT2D eigenvalue weighted by Crippen LogP contribution is -2.33. The van der Waals surface area contributed by atoms with Crippen LogP contribution in [0.4, 0.5) is 4.39 Å². The molecule has 0 aliphatic rings. The minimum absolute atomic E-state index is 0.0828. The highest BCUT2D eigenvalue weighted by Crippen LogP contribution is 2.15. The first-order valence-electron chi connectivity index (χ1n) is 6.93. The molecule has 116 valence electrons. The number of rotatable bonds is 6. The van der Waals surface area contributed by atoms with Crippen LogP contribution in [0.3, 0.4) is 0 Å². The van der Waals surface area contributed by atoms with Gasteiger partial charge in [0.15, 0.2) is 6.20 Å². The third kappa shape index (κ3) is 4.46. The average Bonchev–Trinajstić information content (AvgIpc) is 2.51. The maximum atomic E-state index is 13.2. The Kier molecular flexibility index (Phi) is 5.77.